The summed E-state index contributed by atoms with van der Waals surface area (Å²) >= 11 is 12.0. The molecule has 3 nitrogen and oxygen atoms in total. The second-order valence-corrected chi connectivity index (χ2v) is 7.62. The van der Waals surface area contributed by atoms with Crippen LogP contribution in [0.2, 0.25) is 10.0 Å². The second-order valence-electron chi connectivity index (χ2n) is 6.80. The highest BCUT2D eigenvalue weighted by Crippen LogP contribution is 2.39. The van der Waals surface area contributed by atoms with Crippen molar-refractivity contribution < 1.29 is 14.3 Å². The number of halogens is 2. The summed E-state index contributed by atoms with van der Waals surface area (Å²) < 4.78 is 11.7. The standard InChI is InChI=1S/C25H18Cl2O3/c1-16-22(29-13-5-8-17-6-3-2-4-7-17)12-10-19-24(28)23(30-25(16)19)15-18-9-11-20(26)21(27)14-18/h2-12,14-15H,13H2,1H3/b8-5+,23-15-. The predicted octanol–water partition coefficient (Wildman–Crippen LogP) is 7.01. The van der Waals surface area contributed by atoms with Gasteiger partial charge in [0.25, 0.3) is 0 Å². The minimum atomic E-state index is -0.172. The fraction of sp³-hybridized carbons (Fsp3) is 0.0800. The molecule has 3 aromatic carbocycles. The molecule has 0 saturated heterocycles. The molecule has 0 spiro atoms. The molecule has 5 heteroatoms. The summed E-state index contributed by atoms with van der Waals surface area (Å²) in [5, 5.41) is 0.879. The van der Waals surface area contributed by atoms with Gasteiger partial charge in [0.2, 0.25) is 5.78 Å². The summed E-state index contributed by atoms with van der Waals surface area (Å²) in [4.78, 5) is 12.7. The molecule has 30 heavy (non-hydrogen) atoms. The van der Waals surface area contributed by atoms with Gasteiger partial charge in [-0.3, -0.25) is 4.79 Å². The van der Waals surface area contributed by atoms with Gasteiger partial charge in [-0.25, -0.2) is 0 Å². The van der Waals surface area contributed by atoms with E-state index < -0.39 is 0 Å². The maximum atomic E-state index is 12.7. The lowest BCUT2D eigenvalue weighted by Gasteiger charge is -2.10. The van der Waals surface area contributed by atoms with Crippen molar-refractivity contribution in [1.82, 2.24) is 0 Å². The van der Waals surface area contributed by atoms with Gasteiger partial charge in [-0.15, -0.1) is 0 Å². The number of Topliss-reactive ketones (excluding diaryl/α,β-unsaturated/α-hetero) is 1. The second kappa shape index (κ2) is 8.78. The first-order valence-corrected chi connectivity index (χ1v) is 10.2. The number of carbonyl (C=O) groups excluding carboxylic acids is 1. The number of carbonyl (C=O) groups is 1. The van der Waals surface area contributed by atoms with E-state index in [-0.39, 0.29) is 11.5 Å². The topological polar surface area (TPSA) is 35.5 Å². The number of hydrogen-bond acceptors (Lipinski definition) is 3. The smallest absolute Gasteiger partial charge is 0.231 e. The molecule has 3 aromatic rings. The van der Waals surface area contributed by atoms with E-state index in [2.05, 4.69) is 0 Å². The number of hydrogen-bond donors (Lipinski definition) is 0. The van der Waals surface area contributed by atoms with Crippen LogP contribution in [-0.4, -0.2) is 12.4 Å². The first kappa shape index (κ1) is 20.3. The minimum Gasteiger partial charge on any atom is -0.489 e. The van der Waals surface area contributed by atoms with Crippen LogP contribution < -0.4 is 9.47 Å². The molecule has 0 bridgehead atoms. The van der Waals surface area contributed by atoms with Crippen LogP contribution in [0.1, 0.15) is 27.0 Å². The number of benzene rings is 3. The van der Waals surface area contributed by atoms with E-state index in [1.54, 1.807) is 36.4 Å². The number of rotatable bonds is 5. The van der Waals surface area contributed by atoms with Gasteiger partial charge >= 0.3 is 0 Å². The molecule has 0 radical (unpaired) electrons. The predicted molar refractivity (Wildman–Crippen MR) is 122 cm³/mol. The zero-order valence-electron chi connectivity index (χ0n) is 16.2. The van der Waals surface area contributed by atoms with Crippen molar-refractivity contribution in [2.45, 2.75) is 6.92 Å². The lowest BCUT2D eigenvalue weighted by atomic mass is 10.1. The van der Waals surface area contributed by atoms with Crippen LogP contribution in [0.4, 0.5) is 0 Å². The summed E-state index contributed by atoms with van der Waals surface area (Å²) in [6, 6.07) is 18.7. The van der Waals surface area contributed by atoms with Crippen molar-refractivity contribution in [3.05, 3.63) is 105 Å². The largest absolute Gasteiger partial charge is 0.489 e. The van der Waals surface area contributed by atoms with Gasteiger partial charge in [0.15, 0.2) is 5.76 Å². The zero-order valence-corrected chi connectivity index (χ0v) is 17.7. The molecule has 150 valence electrons. The van der Waals surface area contributed by atoms with E-state index in [9.17, 15) is 4.79 Å². The van der Waals surface area contributed by atoms with Crippen molar-refractivity contribution >= 4 is 41.1 Å². The third-order valence-corrected chi connectivity index (χ3v) is 5.46. The van der Waals surface area contributed by atoms with E-state index in [4.69, 9.17) is 32.7 Å². The van der Waals surface area contributed by atoms with E-state index >= 15 is 0 Å². The van der Waals surface area contributed by atoms with Gasteiger partial charge in [0.1, 0.15) is 18.1 Å². The summed E-state index contributed by atoms with van der Waals surface area (Å²) in [5.41, 5.74) is 3.15. The van der Waals surface area contributed by atoms with E-state index in [1.807, 2.05) is 49.4 Å². The Morgan fingerprint density at radius 1 is 0.967 bits per heavy atom. The summed E-state index contributed by atoms with van der Waals surface area (Å²) in [6.07, 6.45) is 5.61. The van der Waals surface area contributed by atoms with Crippen LogP contribution in [0.25, 0.3) is 12.2 Å². The first-order chi connectivity index (χ1) is 14.5. The Hall–Kier alpha value is -3.01. The summed E-state index contributed by atoms with van der Waals surface area (Å²) in [7, 11) is 0. The third kappa shape index (κ3) is 4.28. The van der Waals surface area contributed by atoms with Crippen molar-refractivity contribution in [1.29, 1.82) is 0 Å². The molecule has 1 aliphatic rings. The van der Waals surface area contributed by atoms with Crippen molar-refractivity contribution in [3.8, 4) is 11.5 Å². The number of ether oxygens (including phenoxy) is 2. The number of fused-ring (bicyclic) bond motifs is 1. The van der Waals surface area contributed by atoms with Crippen LogP contribution in [-0.2, 0) is 0 Å². The SMILES string of the molecule is Cc1c(OC/C=C/c2ccccc2)ccc2c1O/C(=C\c1ccc(Cl)c(Cl)c1)C2=O. The Labute approximate surface area is 185 Å². The third-order valence-electron chi connectivity index (χ3n) is 4.72. The van der Waals surface area contributed by atoms with E-state index in [0.29, 0.717) is 33.7 Å². The Morgan fingerprint density at radius 3 is 2.53 bits per heavy atom. The summed E-state index contributed by atoms with van der Waals surface area (Å²) in [5.74, 6) is 1.27. The monoisotopic (exact) mass is 436 g/mol. The quantitative estimate of drug-likeness (QED) is 0.403. The average Bonchev–Trinajstić information content (AvgIpc) is 3.06. The number of ketones is 1. The molecule has 0 amide bonds. The first-order valence-electron chi connectivity index (χ1n) is 9.40. The van der Waals surface area contributed by atoms with Crippen molar-refractivity contribution in [2.75, 3.05) is 6.61 Å². The summed E-state index contributed by atoms with van der Waals surface area (Å²) in [6.45, 7) is 2.29. The van der Waals surface area contributed by atoms with E-state index in [0.717, 1.165) is 16.7 Å². The molecule has 0 aromatic heterocycles. The van der Waals surface area contributed by atoms with Gasteiger partial charge in [-0.1, -0.05) is 65.7 Å². The molecule has 0 saturated carbocycles. The Balaban J connectivity index is 1.50. The highest BCUT2D eigenvalue weighted by molar-refractivity contribution is 6.42. The van der Waals surface area contributed by atoms with Crippen LogP contribution in [0.15, 0.2) is 72.5 Å². The molecular weight excluding hydrogens is 419 g/mol. The maximum absolute atomic E-state index is 12.7. The normalized spacial score (nSPS) is 14.2. The van der Waals surface area contributed by atoms with Crippen molar-refractivity contribution in [3.63, 3.8) is 0 Å². The van der Waals surface area contributed by atoms with Gasteiger partial charge in [-0.05, 0) is 54.5 Å². The van der Waals surface area contributed by atoms with Gasteiger partial charge in [-0.2, -0.15) is 0 Å². The highest BCUT2D eigenvalue weighted by Gasteiger charge is 2.30. The van der Waals surface area contributed by atoms with E-state index in [1.165, 1.54) is 0 Å². The average molecular weight is 437 g/mol. The molecule has 0 atom stereocenters. The van der Waals surface area contributed by atoms with Gasteiger partial charge < -0.3 is 9.47 Å². The van der Waals surface area contributed by atoms with Crippen LogP contribution in [0.5, 0.6) is 11.5 Å². The maximum Gasteiger partial charge on any atom is 0.231 e. The lowest BCUT2D eigenvalue weighted by molar-refractivity contribution is 0.101. The van der Waals surface area contributed by atoms with Crippen LogP contribution in [0.3, 0.4) is 0 Å². The number of allylic oxidation sites excluding steroid dienone is 1. The Bertz CT molecular complexity index is 1160. The molecule has 0 aliphatic carbocycles. The molecule has 4 rings (SSSR count). The van der Waals surface area contributed by atoms with Crippen molar-refractivity contribution in [2.24, 2.45) is 0 Å². The van der Waals surface area contributed by atoms with Crippen LogP contribution in [0, 0.1) is 6.92 Å². The zero-order chi connectivity index (χ0) is 21.1. The lowest BCUT2D eigenvalue weighted by Crippen LogP contribution is -1.98. The van der Waals surface area contributed by atoms with Gasteiger partial charge in [0.05, 0.1) is 15.6 Å². The fourth-order valence-corrected chi connectivity index (χ4v) is 3.47. The van der Waals surface area contributed by atoms with Gasteiger partial charge in [0, 0.05) is 5.56 Å². The molecule has 1 aliphatic heterocycles. The van der Waals surface area contributed by atoms with Crippen LogP contribution >= 0.6 is 23.2 Å². The highest BCUT2D eigenvalue weighted by atomic mass is 35.5. The Kier molecular flexibility index (Phi) is 5.93. The molecule has 0 fully saturated rings. The molecule has 1 heterocycles. The fourth-order valence-electron chi connectivity index (χ4n) is 3.16. The minimum absolute atomic E-state index is 0.172. The molecule has 0 N–H and O–H groups in total. The molecular formula is C25H18Cl2O3. The molecule has 0 unspecified atom stereocenters. The Morgan fingerprint density at radius 2 is 1.77 bits per heavy atom.